The van der Waals surface area contributed by atoms with Gasteiger partial charge in [0.1, 0.15) is 10.7 Å². The van der Waals surface area contributed by atoms with Crippen LogP contribution in [-0.2, 0) is 22.8 Å². The number of hydrogen-bond acceptors (Lipinski definition) is 9. The standard InChI is InChI=1S/C21H16F4N4O7S/c1-3-35-18(31)10-37-19-14(5-4-6-26-19)36-15-8-12(11(22)7-13(15)29(33)34)28-17(30)9-16(21(23,24)25)27(2)20(28)32/h4-9H,3,10H2,1-2H3. The third kappa shape index (κ3) is 5.96. The second-order valence-electron chi connectivity index (χ2n) is 7.07. The summed E-state index contributed by atoms with van der Waals surface area (Å²) in [5.41, 5.74) is -6.45. The fraction of sp³-hybridized carbons (Fsp3) is 0.238. The Balaban J connectivity index is 2.13. The normalized spacial score (nSPS) is 11.3. The minimum absolute atomic E-state index is 0.0841. The maximum Gasteiger partial charge on any atom is 0.431 e. The van der Waals surface area contributed by atoms with Crippen LogP contribution in [0.4, 0.5) is 23.2 Å². The quantitative estimate of drug-likeness (QED) is 0.137. The molecule has 0 saturated heterocycles. The number of benzene rings is 1. The summed E-state index contributed by atoms with van der Waals surface area (Å²) < 4.78 is 64.8. The van der Waals surface area contributed by atoms with Gasteiger partial charge in [0.25, 0.3) is 5.56 Å². The molecule has 2 aromatic heterocycles. The molecule has 3 rings (SSSR count). The molecule has 0 saturated carbocycles. The molecular weight excluding hydrogens is 528 g/mol. The fourth-order valence-electron chi connectivity index (χ4n) is 3.06. The number of aromatic nitrogens is 3. The zero-order valence-electron chi connectivity index (χ0n) is 18.9. The van der Waals surface area contributed by atoms with Crippen molar-refractivity contribution in [1.82, 2.24) is 14.1 Å². The summed E-state index contributed by atoms with van der Waals surface area (Å²) in [5.74, 6) is -2.96. The summed E-state index contributed by atoms with van der Waals surface area (Å²) in [6.07, 6.45) is -3.71. The van der Waals surface area contributed by atoms with E-state index in [9.17, 15) is 42.1 Å². The number of nitro benzene ring substituents is 1. The van der Waals surface area contributed by atoms with Gasteiger partial charge in [-0.3, -0.25) is 24.3 Å². The first-order chi connectivity index (χ1) is 17.3. The van der Waals surface area contributed by atoms with Gasteiger partial charge in [0.15, 0.2) is 11.6 Å². The Morgan fingerprint density at radius 3 is 2.54 bits per heavy atom. The average Bonchev–Trinajstić information content (AvgIpc) is 2.82. The molecule has 16 heteroatoms. The molecular formula is C21H16F4N4O7S. The van der Waals surface area contributed by atoms with Crippen molar-refractivity contribution < 1.29 is 36.8 Å². The van der Waals surface area contributed by atoms with Crippen molar-refractivity contribution in [3.63, 3.8) is 0 Å². The SMILES string of the molecule is CCOC(=O)CSc1ncccc1Oc1cc(-n2c(=O)cc(C(F)(F)F)n(C)c2=O)c(F)cc1[N+](=O)[O-]. The summed E-state index contributed by atoms with van der Waals surface area (Å²) >= 11 is 0.873. The first kappa shape index (κ1) is 27.4. The third-order valence-electron chi connectivity index (χ3n) is 4.66. The predicted molar refractivity (Wildman–Crippen MR) is 121 cm³/mol. The lowest BCUT2D eigenvalue weighted by atomic mass is 10.2. The highest BCUT2D eigenvalue weighted by Crippen LogP contribution is 2.37. The number of esters is 1. The lowest BCUT2D eigenvalue weighted by Crippen LogP contribution is -2.41. The molecule has 0 aliphatic rings. The number of rotatable bonds is 8. The Morgan fingerprint density at radius 2 is 1.92 bits per heavy atom. The number of pyridine rings is 1. The minimum atomic E-state index is -5.05. The largest absolute Gasteiger partial charge is 0.465 e. The molecule has 0 atom stereocenters. The smallest absolute Gasteiger partial charge is 0.431 e. The highest BCUT2D eigenvalue weighted by atomic mass is 32.2. The molecule has 0 radical (unpaired) electrons. The van der Waals surface area contributed by atoms with Crippen LogP contribution in [0.3, 0.4) is 0 Å². The topological polar surface area (TPSA) is 136 Å². The number of carbonyl (C=O) groups excluding carboxylic acids is 1. The molecule has 2 heterocycles. The van der Waals surface area contributed by atoms with E-state index in [1.54, 1.807) is 6.92 Å². The molecule has 1 aromatic carbocycles. The van der Waals surface area contributed by atoms with Crippen molar-refractivity contribution in [3.05, 3.63) is 79.0 Å². The maximum atomic E-state index is 14.8. The van der Waals surface area contributed by atoms with E-state index in [0.29, 0.717) is 12.1 Å². The van der Waals surface area contributed by atoms with Crippen LogP contribution in [0.5, 0.6) is 11.5 Å². The summed E-state index contributed by atoms with van der Waals surface area (Å²) in [7, 11) is 0.727. The number of ether oxygens (including phenoxy) is 2. The number of alkyl halides is 3. The molecule has 0 N–H and O–H groups in total. The van der Waals surface area contributed by atoms with Crippen LogP contribution >= 0.6 is 11.8 Å². The Labute approximate surface area is 208 Å². The van der Waals surface area contributed by atoms with E-state index in [1.165, 1.54) is 18.3 Å². The van der Waals surface area contributed by atoms with Crippen molar-refractivity contribution in [3.8, 4) is 17.2 Å². The van der Waals surface area contributed by atoms with Crippen LogP contribution in [0, 0.1) is 15.9 Å². The molecule has 0 unspecified atom stereocenters. The van der Waals surface area contributed by atoms with Crippen LogP contribution in [0.1, 0.15) is 12.6 Å². The molecule has 196 valence electrons. The predicted octanol–water partition coefficient (Wildman–Crippen LogP) is 3.44. The molecule has 0 fully saturated rings. The highest BCUT2D eigenvalue weighted by Gasteiger charge is 2.35. The van der Waals surface area contributed by atoms with Gasteiger partial charge in [0.05, 0.1) is 29.0 Å². The van der Waals surface area contributed by atoms with Gasteiger partial charge in [-0.15, -0.1) is 0 Å². The summed E-state index contributed by atoms with van der Waals surface area (Å²) in [5, 5.41) is 11.6. The van der Waals surface area contributed by atoms with Crippen LogP contribution in [0.25, 0.3) is 5.69 Å². The molecule has 0 spiro atoms. The van der Waals surface area contributed by atoms with Gasteiger partial charge in [-0.2, -0.15) is 13.2 Å². The van der Waals surface area contributed by atoms with Gasteiger partial charge >= 0.3 is 23.5 Å². The molecule has 0 amide bonds. The van der Waals surface area contributed by atoms with Gasteiger partial charge in [0.2, 0.25) is 5.75 Å². The molecule has 3 aromatic rings. The second-order valence-corrected chi connectivity index (χ2v) is 8.04. The van der Waals surface area contributed by atoms with Crippen molar-refractivity contribution in [2.24, 2.45) is 7.05 Å². The van der Waals surface area contributed by atoms with E-state index < -0.39 is 57.0 Å². The van der Waals surface area contributed by atoms with Crippen LogP contribution < -0.4 is 16.0 Å². The van der Waals surface area contributed by atoms with Gasteiger partial charge in [-0.25, -0.2) is 18.7 Å². The molecule has 37 heavy (non-hydrogen) atoms. The first-order valence-electron chi connectivity index (χ1n) is 10.1. The molecule has 11 nitrogen and oxygen atoms in total. The van der Waals surface area contributed by atoms with E-state index in [0.717, 1.165) is 18.8 Å². The number of nitro groups is 1. The number of halogens is 4. The van der Waals surface area contributed by atoms with E-state index in [4.69, 9.17) is 9.47 Å². The van der Waals surface area contributed by atoms with Gasteiger partial charge in [-0.05, 0) is 19.1 Å². The fourth-order valence-corrected chi connectivity index (χ4v) is 3.78. The Bertz CT molecular complexity index is 1490. The second kappa shape index (κ2) is 10.8. The maximum absolute atomic E-state index is 14.8. The van der Waals surface area contributed by atoms with E-state index in [1.807, 2.05) is 0 Å². The number of carbonyl (C=O) groups is 1. The first-order valence-corrected chi connectivity index (χ1v) is 11.1. The minimum Gasteiger partial charge on any atom is -0.465 e. The number of nitrogens with zero attached hydrogens (tertiary/aromatic N) is 4. The monoisotopic (exact) mass is 544 g/mol. The zero-order chi connectivity index (χ0) is 27.5. The highest BCUT2D eigenvalue weighted by molar-refractivity contribution is 8.00. The van der Waals surface area contributed by atoms with Crippen molar-refractivity contribution in [2.75, 3.05) is 12.4 Å². The van der Waals surface area contributed by atoms with Crippen LogP contribution in [0.15, 0.2) is 51.1 Å². The van der Waals surface area contributed by atoms with E-state index >= 15 is 0 Å². The Hall–Kier alpha value is -4.21. The van der Waals surface area contributed by atoms with Crippen molar-refractivity contribution in [1.29, 1.82) is 0 Å². The Kier molecular flexibility index (Phi) is 8.00. The molecule has 0 aliphatic carbocycles. The lowest BCUT2D eigenvalue weighted by Gasteiger charge is -2.15. The van der Waals surface area contributed by atoms with Gasteiger partial charge in [0, 0.05) is 25.4 Å². The zero-order valence-corrected chi connectivity index (χ0v) is 19.8. The van der Waals surface area contributed by atoms with E-state index in [2.05, 4.69) is 4.98 Å². The third-order valence-corrected chi connectivity index (χ3v) is 5.62. The molecule has 0 bridgehead atoms. The van der Waals surface area contributed by atoms with Crippen molar-refractivity contribution in [2.45, 2.75) is 18.1 Å². The summed E-state index contributed by atoms with van der Waals surface area (Å²) in [4.78, 5) is 51.2. The number of hydrogen-bond donors (Lipinski definition) is 0. The summed E-state index contributed by atoms with van der Waals surface area (Å²) in [6.45, 7) is 1.75. The van der Waals surface area contributed by atoms with Crippen LogP contribution in [-0.4, -0.2) is 37.4 Å². The molecule has 0 aliphatic heterocycles. The lowest BCUT2D eigenvalue weighted by molar-refractivity contribution is -0.385. The van der Waals surface area contributed by atoms with Crippen molar-refractivity contribution >= 4 is 23.4 Å². The Morgan fingerprint density at radius 1 is 1.22 bits per heavy atom. The van der Waals surface area contributed by atoms with E-state index in [-0.39, 0.29) is 38.3 Å². The summed E-state index contributed by atoms with van der Waals surface area (Å²) in [6, 6.07) is 3.81. The van der Waals surface area contributed by atoms with Crippen LogP contribution in [0.2, 0.25) is 0 Å². The van der Waals surface area contributed by atoms with Gasteiger partial charge in [-0.1, -0.05) is 11.8 Å². The number of thioether (sulfide) groups is 1. The van der Waals surface area contributed by atoms with Gasteiger partial charge < -0.3 is 9.47 Å². The average molecular weight is 544 g/mol.